The number of benzene rings is 2. The van der Waals surface area contributed by atoms with E-state index < -0.39 is 0 Å². The Morgan fingerprint density at radius 2 is 2.00 bits per heavy atom. The summed E-state index contributed by atoms with van der Waals surface area (Å²) in [5.41, 5.74) is 8.25. The topological polar surface area (TPSA) is 102 Å². The van der Waals surface area contributed by atoms with E-state index in [1.165, 1.54) is 12.9 Å². The minimum absolute atomic E-state index is 0.251. The molecule has 0 saturated heterocycles. The van der Waals surface area contributed by atoms with Gasteiger partial charge in [-0.25, -0.2) is 4.98 Å². The number of carbonyl (C=O) groups is 2. The number of rotatable bonds is 5. The van der Waals surface area contributed by atoms with Crippen molar-refractivity contribution >= 4 is 17.5 Å². The number of aromatic nitrogens is 2. The highest BCUT2D eigenvalue weighted by Crippen LogP contribution is 2.15. The first kappa shape index (κ1) is 19.9. The van der Waals surface area contributed by atoms with E-state index in [2.05, 4.69) is 27.5 Å². The van der Waals surface area contributed by atoms with E-state index in [1.54, 1.807) is 48.1 Å². The number of carbonyl (C=O) groups excluding carboxylic acids is 2. The number of nitrogens with one attached hydrogen (secondary N) is 2. The van der Waals surface area contributed by atoms with E-state index in [-0.39, 0.29) is 11.8 Å². The fraction of sp³-hybridized carbons (Fsp3) is 0.0909. The van der Waals surface area contributed by atoms with Crippen molar-refractivity contribution in [2.24, 2.45) is 5.73 Å². The van der Waals surface area contributed by atoms with Crippen LogP contribution < -0.4 is 16.4 Å². The molecule has 4 N–H and O–H groups in total. The molecule has 7 nitrogen and oxygen atoms in total. The number of hydrogen-bond acceptors (Lipinski definition) is 4. The Kier molecular flexibility index (Phi) is 6.40. The van der Waals surface area contributed by atoms with E-state index in [9.17, 15) is 9.59 Å². The first-order valence-electron chi connectivity index (χ1n) is 8.91. The molecule has 1 heterocycles. The van der Waals surface area contributed by atoms with Crippen LogP contribution in [0.15, 0.2) is 61.1 Å². The summed E-state index contributed by atoms with van der Waals surface area (Å²) in [5, 5.41) is 5.40. The van der Waals surface area contributed by atoms with Crippen molar-refractivity contribution in [3.63, 3.8) is 0 Å². The predicted molar refractivity (Wildman–Crippen MR) is 111 cm³/mol. The Morgan fingerprint density at radius 3 is 2.79 bits per heavy atom. The molecule has 0 aliphatic carbocycles. The molecule has 0 bridgehead atoms. The van der Waals surface area contributed by atoms with Crippen molar-refractivity contribution in [2.45, 2.75) is 6.42 Å². The zero-order valence-corrected chi connectivity index (χ0v) is 15.8. The lowest BCUT2D eigenvalue weighted by molar-refractivity contribution is 0.0957. The summed E-state index contributed by atoms with van der Waals surface area (Å²) in [6.45, 7) is 1.49. The van der Waals surface area contributed by atoms with Gasteiger partial charge in [-0.05, 0) is 36.4 Å². The molecule has 0 aliphatic rings. The molecule has 1 aromatic heterocycles. The number of nitrogens with zero attached hydrogens (tertiary/aromatic N) is 2. The summed E-state index contributed by atoms with van der Waals surface area (Å²) < 4.78 is 1.69. The number of imidazole rings is 1. The van der Waals surface area contributed by atoms with E-state index in [0.29, 0.717) is 23.4 Å². The lowest BCUT2D eigenvalue weighted by Gasteiger charge is -2.08. The summed E-state index contributed by atoms with van der Waals surface area (Å²) in [4.78, 5) is 28.4. The van der Waals surface area contributed by atoms with E-state index in [1.807, 2.05) is 18.2 Å². The number of hydrogen-bond donors (Lipinski definition) is 3. The third-order valence-electron chi connectivity index (χ3n) is 4.02. The molecule has 29 heavy (non-hydrogen) atoms. The molecule has 0 unspecified atom stereocenters. The SMILES string of the molecule is CNC(=O)c1cn(-c2cccc(C(=O)Nc3cccc(C#CC[CH]N)c3)c2)cn1. The molecule has 0 atom stereocenters. The standard InChI is InChI=1S/C22H20N5O2/c1-24-22(29)20-14-27(15-25-20)19-10-5-8-17(13-19)21(28)26-18-9-4-7-16(12-18)6-2-3-11-23/h4-5,7-15H,3,23H2,1H3,(H,24,29)(H,26,28). The van der Waals surface area contributed by atoms with Crippen LogP contribution >= 0.6 is 0 Å². The largest absolute Gasteiger partial charge is 0.354 e. The molecule has 0 spiro atoms. The van der Waals surface area contributed by atoms with Crippen LogP contribution in [0.5, 0.6) is 0 Å². The Balaban J connectivity index is 1.76. The van der Waals surface area contributed by atoms with Gasteiger partial charge >= 0.3 is 0 Å². The predicted octanol–water partition coefficient (Wildman–Crippen LogP) is 2.35. The van der Waals surface area contributed by atoms with E-state index >= 15 is 0 Å². The highest BCUT2D eigenvalue weighted by atomic mass is 16.2. The van der Waals surface area contributed by atoms with Crippen molar-refractivity contribution in [1.29, 1.82) is 0 Å². The maximum absolute atomic E-state index is 12.7. The van der Waals surface area contributed by atoms with Crippen LogP contribution in [0, 0.1) is 18.4 Å². The lowest BCUT2D eigenvalue weighted by atomic mass is 10.1. The van der Waals surface area contributed by atoms with Gasteiger partial charge in [0, 0.05) is 48.7 Å². The number of nitrogens with two attached hydrogens (primary N) is 1. The van der Waals surface area contributed by atoms with Crippen LogP contribution in [0.4, 0.5) is 5.69 Å². The molecule has 3 aromatic rings. The van der Waals surface area contributed by atoms with Gasteiger partial charge in [-0.2, -0.15) is 0 Å². The van der Waals surface area contributed by atoms with Crippen molar-refractivity contribution in [3.05, 3.63) is 84.4 Å². The minimum Gasteiger partial charge on any atom is -0.354 e. The average Bonchev–Trinajstić information content (AvgIpc) is 3.24. The molecule has 2 amide bonds. The summed E-state index contributed by atoms with van der Waals surface area (Å²) >= 11 is 0. The molecule has 1 radical (unpaired) electrons. The molecular formula is C22H20N5O2. The summed E-state index contributed by atoms with van der Waals surface area (Å²) in [6, 6.07) is 14.3. The normalized spacial score (nSPS) is 10.0. The van der Waals surface area contributed by atoms with Crippen molar-refractivity contribution < 1.29 is 9.59 Å². The Hall–Kier alpha value is -3.89. The maximum Gasteiger partial charge on any atom is 0.271 e. The first-order valence-corrected chi connectivity index (χ1v) is 8.91. The van der Waals surface area contributed by atoms with Gasteiger partial charge in [0.2, 0.25) is 0 Å². The minimum atomic E-state index is -0.273. The van der Waals surface area contributed by atoms with Crippen molar-refractivity contribution in [2.75, 3.05) is 12.4 Å². The van der Waals surface area contributed by atoms with Gasteiger partial charge in [0.1, 0.15) is 12.0 Å². The van der Waals surface area contributed by atoms with Gasteiger partial charge in [-0.15, -0.1) is 0 Å². The molecular weight excluding hydrogens is 366 g/mol. The summed E-state index contributed by atoms with van der Waals surface area (Å²) in [7, 11) is 1.55. The maximum atomic E-state index is 12.7. The second-order valence-corrected chi connectivity index (χ2v) is 6.07. The summed E-state index contributed by atoms with van der Waals surface area (Å²) in [6.07, 6.45) is 3.64. The highest BCUT2D eigenvalue weighted by Gasteiger charge is 2.10. The smallest absolute Gasteiger partial charge is 0.271 e. The molecule has 0 aliphatic heterocycles. The van der Waals surface area contributed by atoms with Crippen molar-refractivity contribution in [1.82, 2.24) is 14.9 Å². The molecule has 3 rings (SSSR count). The Bertz CT molecular complexity index is 1090. The summed E-state index contributed by atoms with van der Waals surface area (Å²) in [5.74, 6) is 5.39. The van der Waals surface area contributed by atoms with Crippen molar-refractivity contribution in [3.8, 4) is 17.5 Å². The fourth-order valence-electron chi connectivity index (χ4n) is 2.61. The van der Waals surface area contributed by atoms with Gasteiger partial charge in [0.25, 0.3) is 11.8 Å². The van der Waals surface area contributed by atoms with Crippen LogP contribution in [-0.2, 0) is 0 Å². The van der Waals surface area contributed by atoms with Gasteiger partial charge < -0.3 is 20.9 Å². The second kappa shape index (κ2) is 9.35. The van der Waals surface area contributed by atoms with Crippen LogP contribution in [-0.4, -0.2) is 28.4 Å². The van der Waals surface area contributed by atoms with Gasteiger partial charge in [0.05, 0.1) is 0 Å². The van der Waals surface area contributed by atoms with Gasteiger partial charge in [-0.1, -0.05) is 24.0 Å². The third kappa shape index (κ3) is 5.09. The van der Waals surface area contributed by atoms with Gasteiger partial charge in [-0.3, -0.25) is 9.59 Å². The molecule has 7 heteroatoms. The number of amides is 2. The molecule has 2 aromatic carbocycles. The fourth-order valence-corrected chi connectivity index (χ4v) is 2.61. The molecule has 0 fully saturated rings. The van der Waals surface area contributed by atoms with E-state index in [4.69, 9.17) is 5.73 Å². The zero-order chi connectivity index (χ0) is 20.6. The highest BCUT2D eigenvalue weighted by molar-refractivity contribution is 6.04. The lowest BCUT2D eigenvalue weighted by Crippen LogP contribution is -2.18. The molecule has 0 saturated carbocycles. The molecule has 145 valence electrons. The quantitative estimate of drug-likeness (QED) is 0.586. The first-order chi connectivity index (χ1) is 14.1. The Morgan fingerprint density at radius 1 is 1.17 bits per heavy atom. The monoisotopic (exact) mass is 386 g/mol. The van der Waals surface area contributed by atoms with Crippen LogP contribution in [0.25, 0.3) is 5.69 Å². The van der Waals surface area contributed by atoms with Crippen LogP contribution in [0.3, 0.4) is 0 Å². The number of anilines is 1. The van der Waals surface area contributed by atoms with Gasteiger partial charge in [0.15, 0.2) is 0 Å². The van der Waals surface area contributed by atoms with Crippen LogP contribution in [0.2, 0.25) is 0 Å². The van der Waals surface area contributed by atoms with E-state index in [0.717, 1.165) is 11.3 Å². The second-order valence-electron chi connectivity index (χ2n) is 6.07. The van der Waals surface area contributed by atoms with Crippen LogP contribution in [0.1, 0.15) is 32.8 Å². The average molecular weight is 386 g/mol. The third-order valence-corrected chi connectivity index (χ3v) is 4.02. The zero-order valence-electron chi connectivity index (χ0n) is 15.8. The Labute approximate surface area is 169 Å².